The van der Waals surface area contributed by atoms with Crippen LogP contribution in [0.3, 0.4) is 0 Å². The molecule has 4 rings (SSSR count). The maximum atomic E-state index is 12.6. The smallest absolute Gasteiger partial charge is 0.303 e. The minimum atomic E-state index is -0.832. The van der Waals surface area contributed by atoms with Crippen LogP contribution in [0, 0.1) is 5.92 Å². The van der Waals surface area contributed by atoms with Gasteiger partial charge < -0.3 is 24.6 Å². The molecule has 1 heterocycles. The van der Waals surface area contributed by atoms with E-state index < -0.39 is 5.97 Å². The normalized spacial score (nSPS) is 19.3. The lowest BCUT2D eigenvalue weighted by molar-refractivity contribution is -0.137. The van der Waals surface area contributed by atoms with Gasteiger partial charge in [-0.1, -0.05) is 6.07 Å². The molecule has 2 unspecified atom stereocenters. The molecule has 2 aromatic carbocycles. The number of anilines is 1. The van der Waals surface area contributed by atoms with Crippen LogP contribution >= 0.6 is 0 Å². The van der Waals surface area contributed by atoms with Gasteiger partial charge in [0.25, 0.3) is 0 Å². The molecule has 1 amide bonds. The van der Waals surface area contributed by atoms with Gasteiger partial charge in [-0.3, -0.25) is 9.59 Å². The summed E-state index contributed by atoms with van der Waals surface area (Å²) >= 11 is 0. The van der Waals surface area contributed by atoms with E-state index in [4.69, 9.17) is 19.3 Å². The van der Waals surface area contributed by atoms with Gasteiger partial charge >= 0.3 is 5.97 Å². The van der Waals surface area contributed by atoms with E-state index in [1.165, 1.54) is 0 Å². The van der Waals surface area contributed by atoms with E-state index in [-0.39, 0.29) is 24.2 Å². The second-order valence-corrected chi connectivity index (χ2v) is 7.21. The molecule has 2 aliphatic rings. The number of aliphatic carboxylic acids is 1. The topological polar surface area (TPSA) is 94.1 Å². The SMILES string of the molecule is O=C(O)CCCOc1ccc(NC(=O)C2CC2c2ccc3c(c2)OCCO3)cc1. The third-order valence-corrected chi connectivity index (χ3v) is 5.05. The van der Waals surface area contributed by atoms with E-state index in [0.29, 0.717) is 37.7 Å². The monoisotopic (exact) mass is 397 g/mol. The van der Waals surface area contributed by atoms with E-state index in [0.717, 1.165) is 23.5 Å². The minimum absolute atomic E-state index is 0.0000145. The first-order valence-corrected chi connectivity index (χ1v) is 9.75. The number of hydrogen-bond acceptors (Lipinski definition) is 5. The van der Waals surface area contributed by atoms with Crippen LogP contribution in [0.25, 0.3) is 0 Å². The van der Waals surface area contributed by atoms with Crippen LogP contribution in [-0.4, -0.2) is 36.8 Å². The Kier molecular flexibility index (Phi) is 5.55. The predicted octanol–water partition coefficient (Wildman–Crippen LogP) is 3.44. The average molecular weight is 397 g/mol. The lowest BCUT2D eigenvalue weighted by atomic mass is 10.1. The Hall–Kier alpha value is -3.22. The molecule has 1 saturated carbocycles. The van der Waals surface area contributed by atoms with Gasteiger partial charge in [0.15, 0.2) is 11.5 Å². The highest BCUT2D eigenvalue weighted by atomic mass is 16.6. The van der Waals surface area contributed by atoms with Crippen LogP contribution < -0.4 is 19.5 Å². The molecule has 152 valence electrons. The molecule has 0 radical (unpaired) electrons. The van der Waals surface area contributed by atoms with E-state index in [1.807, 2.05) is 18.2 Å². The first-order valence-electron chi connectivity index (χ1n) is 9.75. The molecule has 2 atom stereocenters. The summed E-state index contributed by atoms with van der Waals surface area (Å²) in [6.45, 7) is 1.45. The predicted molar refractivity (Wildman–Crippen MR) is 106 cm³/mol. The summed E-state index contributed by atoms with van der Waals surface area (Å²) in [4.78, 5) is 23.0. The van der Waals surface area contributed by atoms with Crippen molar-refractivity contribution in [1.82, 2.24) is 0 Å². The van der Waals surface area contributed by atoms with Gasteiger partial charge in [-0.25, -0.2) is 0 Å². The molecule has 29 heavy (non-hydrogen) atoms. The molecule has 0 aromatic heterocycles. The number of nitrogens with one attached hydrogen (secondary N) is 1. The van der Waals surface area contributed by atoms with Crippen LogP contribution in [0.5, 0.6) is 17.2 Å². The highest BCUT2D eigenvalue weighted by Crippen LogP contribution is 2.49. The Morgan fingerprint density at radius 3 is 2.59 bits per heavy atom. The van der Waals surface area contributed by atoms with Gasteiger partial charge in [0.1, 0.15) is 19.0 Å². The van der Waals surface area contributed by atoms with Gasteiger partial charge in [-0.05, 0) is 60.7 Å². The van der Waals surface area contributed by atoms with Gasteiger partial charge in [0.2, 0.25) is 5.91 Å². The van der Waals surface area contributed by atoms with Crippen molar-refractivity contribution in [1.29, 1.82) is 0 Å². The molecular weight excluding hydrogens is 374 g/mol. The molecule has 7 nitrogen and oxygen atoms in total. The van der Waals surface area contributed by atoms with Crippen molar-refractivity contribution in [3.63, 3.8) is 0 Å². The number of amides is 1. The van der Waals surface area contributed by atoms with Crippen molar-refractivity contribution in [2.45, 2.75) is 25.2 Å². The lowest BCUT2D eigenvalue weighted by Crippen LogP contribution is -2.16. The summed E-state index contributed by atoms with van der Waals surface area (Å²) in [6.07, 6.45) is 1.35. The second kappa shape index (κ2) is 8.43. The maximum Gasteiger partial charge on any atom is 0.303 e. The summed E-state index contributed by atoms with van der Waals surface area (Å²) < 4.78 is 16.7. The zero-order valence-electron chi connectivity index (χ0n) is 15.9. The third-order valence-electron chi connectivity index (χ3n) is 5.05. The fraction of sp³-hybridized carbons (Fsp3) is 0.364. The quantitative estimate of drug-likeness (QED) is 0.663. The van der Waals surface area contributed by atoms with Crippen molar-refractivity contribution >= 4 is 17.6 Å². The average Bonchev–Trinajstić information content (AvgIpc) is 3.53. The van der Waals surface area contributed by atoms with Crippen LogP contribution in [0.2, 0.25) is 0 Å². The molecule has 1 fully saturated rings. The Morgan fingerprint density at radius 2 is 1.83 bits per heavy atom. The number of hydrogen-bond donors (Lipinski definition) is 2. The van der Waals surface area contributed by atoms with Crippen LogP contribution in [0.4, 0.5) is 5.69 Å². The van der Waals surface area contributed by atoms with E-state index in [2.05, 4.69) is 5.32 Å². The number of carbonyl (C=O) groups excluding carboxylic acids is 1. The van der Waals surface area contributed by atoms with Crippen LogP contribution in [0.1, 0.15) is 30.7 Å². The summed E-state index contributed by atoms with van der Waals surface area (Å²) in [6, 6.07) is 13.0. The number of ether oxygens (including phenoxy) is 3. The van der Waals surface area contributed by atoms with Gasteiger partial charge in [-0.2, -0.15) is 0 Å². The Bertz CT molecular complexity index is 895. The Labute approximate surface area is 168 Å². The largest absolute Gasteiger partial charge is 0.494 e. The van der Waals surface area contributed by atoms with Gasteiger partial charge in [0, 0.05) is 18.0 Å². The molecule has 7 heteroatoms. The number of benzene rings is 2. The molecule has 0 saturated heterocycles. The highest BCUT2D eigenvalue weighted by molar-refractivity contribution is 5.95. The van der Waals surface area contributed by atoms with Crippen molar-refractivity contribution in [2.75, 3.05) is 25.1 Å². The van der Waals surface area contributed by atoms with E-state index in [9.17, 15) is 9.59 Å². The first kappa shape index (κ1) is 19.1. The Morgan fingerprint density at radius 1 is 1.07 bits per heavy atom. The molecule has 2 N–H and O–H groups in total. The summed E-state index contributed by atoms with van der Waals surface area (Å²) in [5.41, 5.74) is 1.81. The maximum absolute atomic E-state index is 12.6. The van der Waals surface area contributed by atoms with Gasteiger partial charge in [-0.15, -0.1) is 0 Å². The fourth-order valence-corrected chi connectivity index (χ4v) is 3.43. The summed E-state index contributed by atoms with van der Waals surface area (Å²) in [7, 11) is 0. The number of carboxylic acids is 1. The fourth-order valence-electron chi connectivity index (χ4n) is 3.43. The molecule has 2 aromatic rings. The summed E-state index contributed by atoms with van der Waals surface area (Å²) in [5, 5.41) is 11.6. The lowest BCUT2D eigenvalue weighted by Gasteiger charge is -2.18. The van der Waals surface area contributed by atoms with E-state index >= 15 is 0 Å². The van der Waals surface area contributed by atoms with Crippen molar-refractivity contribution in [3.8, 4) is 17.2 Å². The second-order valence-electron chi connectivity index (χ2n) is 7.21. The number of rotatable bonds is 8. The zero-order valence-corrected chi connectivity index (χ0v) is 15.9. The van der Waals surface area contributed by atoms with E-state index in [1.54, 1.807) is 24.3 Å². The molecular formula is C22H23NO6. The third kappa shape index (κ3) is 4.80. The zero-order chi connectivity index (χ0) is 20.2. The number of fused-ring (bicyclic) bond motifs is 1. The standard InChI is InChI=1S/C22H23NO6/c24-21(25)2-1-9-27-16-6-4-15(5-7-16)23-22(26)18-13-17(18)14-3-8-19-20(12-14)29-11-10-28-19/h3-8,12,17-18H,1-2,9-11,13H2,(H,23,26)(H,24,25). The van der Waals surface area contributed by atoms with Crippen molar-refractivity contribution in [2.24, 2.45) is 5.92 Å². The Balaban J connectivity index is 1.27. The molecule has 0 spiro atoms. The van der Waals surface area contributed by atoms with Gasteiger partial charge in [0.05, 0.1) is 6.61 Å². The van der Waals surface area contributed by atoms with Crippen molar-refractivity contribution < 1.29 is 28.9 Å². The van der Waals surface area contributed by atoms with Crippen LogP contribution in [-0.2, 0) is 9.59 Å². The molecule has 1 aliphatic heterocycles. The first-order chi connectivity index (χ1) is 14.1. The highest BCUT2D eigenvalue weighted by Gasteiger charge is 2.44. The minimum Gasteiger partial charge on any atom is -0.494 e. The van der Waals surface area contributed by atoms with Crippen molar-refractivity contribution in [3.05, 3.63) is 48.0 Å². The summed E-state index contributed by atoms with van der Waals surface area (Å²) in [5.74, 6) is 1.47. The molecule has 0 bridgehead atoms. The van der Waals surface area contributed by atoms with Crippen LogP contribution in [0.15, 0.2) is 42.5 Å². The number of carboxylic acid groups (broad SMARTS) is 1. The molecule has 1 aliphatic carbocycles. The number of carbonyl (C=O) groups is 2.